The number of anilines is 1. The Morgan fingerprint density at radius 1 is 1.24 bits per heavy atom. The van der Waals surface area contributed by atoms with Gasteiger partial charge in [-0.1, -0.05) is 23.7 Å². The molecule has 0 saturated heterocycles. The molecule has 0 aliphatic heterocycles. The van der Waals surface area contributed by atoms with Gasteiger partial charge in [0.1, 0.15) is 10.8 Å². The molecule has 3 aromatic heterocycles. The first-order valence-corrected chi connectivity index (χ1v) is 9.47. The van der Waals surface area contributed by atoms with Gasteiger partial charge >= 0.3 is 0 Å². The quantitative estimate of drug-likeness (QED) is 0.555. The van der Waals surface area contributed by atoms with E-state index in [-0.39, 0.29) is 21.8 Å². The monoisotopic (exact) mass is 377 g/mol. The van der Waals surface area contributed by atoms with E-state index in [4.69, 9.17) is 11.6 Å². The number of para-hydroxylation sites is 2. The van der Waals surface area contributed by atoms with Crippen LogP contribution in [0.15, 0.2) is 35.6 Å². The molecule has 0 amide bonds. The number of hydrogen-bond donors (Lipinski definition) is 2. The number of nitrogens with zero attached hydrogens (tertiary/aromatic N) is 5. The van der Waals surface area contributed by atoms with Gasteiger partial charge in [-0.15, -0.1) is 0 Å². The van der Waals surface area contributed by atoms with Gasteiger partial charge in [0.15, 0.2) is 5.65 Å². The third kappa shape index (κ3) is 2.89. The van der Waals surface area contributed by atoms with Gasteiger partial charge in [-0.3, -0.25) is 0 Å². The van der Waals surface area contributed by atoms with Gasteiger partial charge in [0.05, 0.1) is 23.8 Å². The molecule has 0 saturated carbocycles. The third-order valence-corrected chi connectivity index (χ3v) is 4.60. The largest absolute Gasteiger partial charge is 0.347 e. The van der Waals surface area contributed by atoms with E-state index >= 15 is 0 Å². The van der Waals surface area contributed by atoms with Crippen molar-refractivity contribution in [3.63, 3.8) is 0 Å². The number of benzene rings is 1. The number of fused-ring (bicyclic) bond motifs is 2. The second-order valence-corrected chi connectivity index (χ2v) is 7.70. The van der Waals surface area contributed by atoms with Crippen molar-refractivity contribution in [1.29, 1.82) is 0 Å². The van der Waals surface area contributed by atoms with Crippen LogP contribution in [0.4, 0.5) is 5.95 Å². The summed E-state index contributed by atoms with van der Waals surface area (Å²) < 4.78 is 25.0. The van der Waals surface area contributed by atoms with Crippen molar-refractivity contribution in [1.82, 2.24) is 29.5 Å². The van der Waals surface area contributed by atoms with Crippen LogP contribution >= 0.6 is 11.6 Å². The van der Waals surface area contributed by atoms with Crippen LogP contribution in [0.5, 0.6) is 0 Å². The van der Waals surface area contributed by atoms with E-state index in [1.54, 1.807) is 0 Å². The average Bonchev–Trinajstić information content (AvgIpc) is 3.15. The second-order valence-electron chi connectivity index (χ2n) is 5.38. The lowest BCUT2D eigenvalue weighted by molar-refractivity contribution is 0.592. The molecule has 3 heterocycles. The lowest BCUT2D eigenvalue weighted by atomic mass is 10.3. The van der Waals surface area contributed by atoms with E-state index in [1.807, 2.05) is 24.3 Å². The first kappa shape index (κ1) is 15.8. The maximum absolute atomic E-state index is 11.8. The van der Waals surface area contributed by atoms with E-state index < -0.39 is 9.84 Å². The lowest BCUT2D eigenvalue weighted by Gasteiger charge is -2.07. The minimum absolute atomic E-state index is 0.206. The summed E-state index contributed by atoms with van der Waals surface area (Å²) in [5, 5.41) is 7.00. The number of hydrogen-bond acceptors (Lipinski definition) is 7. The topological polar surface area (TPSA) is 118 Å². The molecule has 25 heavy (non-hydrogen) atoms. The van der Waals surface area contributed by atoms with E-state index in [2.05, 4.69) is 30.4 Å². The van der Waals surface area contributed by atoms with Crippen LogP contribution in [0.2, 0.25) is 5.02 Å². The molecule has 1 aromatic carbocycles. The number of sulfone groups is 1. The second kappa shape index (κ2) is 5.67. The fraction of sp³-hybridized carbons (Fsp3) is 0.143. The Morgan fingerprint density at radius 3 is 2.80 bits per heavy atom. The van der Waals surface area contributed by atoms with Crippen LogP contribution < -0.4 is 5.32 Å². The number of aromatic nitrogens is 6. The van der Waals surface area contributed by atoms with Crippen molar-refractivity contribution in [2.75, 3.05) is 11.6 Å². The summed E-state index contributed by atoms with van der Waals surface area (Å²) in [5.74, 6) is 0.880. The highest BCUT2D eigenvalue weighted by Crippen LogP contribution is 2.19. The van der Waals surface area contributed by atoms with Crippen molar-refractivity contribution in [3.8, 4) is 0 Å². The zero-order valence-corrected chi connectivity index (χ0v) is 14.5. The predicted octanol–water partition coefficient (Wildman–Crippen LogP) is 1.67. The van der Waals surface area contributed by atoms with Crippen LogP contribution in [-0.4, -0.2) is 44.2 Å². The standard InChI is InChI=1S/C14H12ClN7O2S/c1-25(23,24)14-20-12-8(15)6-17-22(12)13(21-14)16-7-11-18-9-4-2-3-5-10(9)19-11/h2-6H,7H2,1H3,(H,18,19)(H,16,20,21). The van der Waals surface area contributed by atoms with Crippen molar-refractivity contribution < 1.29 is 8.42 Å². The van der Waals surface area contributed by atoms with Crippen LogP contribution in [0.3, 0.4) is 0 Å². The van der Waals surface area contributed by atoms with Gasteiger partial charge in [-0.25, -0.2) is 13.4 Å². The van der Waals surface area contributed by atoms with E-state index in [9.17, 15) is 8.42 Å². The summed E-state index contributed by atoms with van der Waals surface area (Å²) in [6, 6.07) is 7.63. The summed E-state index contributed by atoms with van der Waals surface area (Å²) in [7, 11) is -3.60. The van der Waals surface area contributed by atoms with Crippen LogP contribution in [0.25, 0.3) is 16.7 Å². The Hall–Kier alpha value is -2.72. The highest BCUT2D eigenvalue weighted by Gasteiger charge is 2.18. The molecule has 11 heteroatoms. The number of rotatable bonds is 4. The highest BCUT2D eigenvalue weighted by molar-refractivity contribution is 7.90. The van der Waals surface area contributed by atoms with Crippen LogP contribution in [0, 0.1) is 0 Å². The Bertz CT molecular complexity index is 1170. The molecule has 0 bridgehead atoms. The molecule has 128 valence electrons. The Kier molecular flexibility index (Phi) is 3.58. The summed E-state index contributed by atoms with van der Waals surface area (Å²) in [6.45, 7) is 0.293. The van der Waals surface area contributed by atoms with Gasteiger partial charge in [0.2, 0.25) is 15.8 Å². The molecule has 0 aliphatic rings. The SMILES string of the molecule is CS(=O)(=O)c1nc(NCc2nc3ccccc3[nH]2)n2ncc(Cl)c2n1. The van der Waals surface area contributed by atoms with Crippen molar-refractivity contribution >= 4 is 44.1 Å². The zero-order valence-electron chi connectivity index (χ0n) is 12.9. The normalized spacial score (nSPS) is 12.1. The van der Waals surface area contributed by atoms with Crippen molar-refractivity contribution in [2.24, 2.45) is 0 Å². The summed E-state index contributed by atoms with van der Waals surface area (Å²) >= 11 is 6.02. The van der Waals surface area contributed by atoms with E-state index in [0.717, 1.165) is 17.3 Å². The summed E-state index contributed by atoms with van der Waals surface area (Å²) in [6.07, 6.45) is 2.41. The molecule has 4 aromatic rings. The van der Waals surface area contributed by atoms with E-state index in [1.165, 1.54) is 10.7 Å². The molecule has 0 unspecified atom stereocenters. The third-order valence-electron chi connectivity index (χ3n) is 3.49. The minimum atomic E-state index is -3.60. The minimum Gasteiger partial charge on any atom is -0.347 e. The zero-order chi connectivity index (χ0) is 17.6. The smallest absolute Gasteiger partial charge is 0.252 e. The Balaban J connectivity index is 1.72. The first-order valence-electron chi connectivity index (χ1n) is 7.20. The molecular weight excluding hydrogens is 366 g/mol. The molecule has 9 nitrogen and oxygen atoms in total. The summed E-state index contributed by atoms with van der Waals surface area (Å²) in [5.41, 5.74) is 1.96. The maximum Gasteiger partial charge on any atom is 0.252 e. The molecular formula is C14H12ClN7O2S. The van der Waals surface area contributed by atoms with Crippen molar-refractivity contribution in [2.45, 2.75) is 11.7 Å². The van der Waals surface area contributed by atoms with Gasteiger partial charge in [0, 0.05) is 6.26 Å². The van der Waals surface area contributed by atoms with Crippen LogP contribution in [-0.2, 0) is 16.4 Å². The fourth-order valence-electron chi connectivity index (χ4n) is 2.36. The number of H-pyrrole nitrogens is 1. The lowest BCUT2D eigenvalue weighted by Crippen LogP contribution is -2.13. The Labute approximate surface area is 147 Å². The molecule has 0 radical (unpaired) electrons. The molecule has 0 fully saturated rings. The highest BCUT2D eigenvalue weighted by atomic mass is 35.5. The van der Waals surface area contributed by atoms with Gasteiger partial charge < -0.3 is 10.3 Å². The molecule has 0 spiro atoms. The van der Waals surface area contributed by atoms with Crippen molar-refractivity contribution in [3.05, 3.63) is 41.3 Å². The Morgan fingerprint density at radius 2 is 2.04 bits per heavy atom. The fourth-order valence-corrected chi connectivity index (χ4v) is 3.03. The summed E-state index contributed by atoms with van der Waals surface area (Å²) in [4.78, 5) is 15.6. The van der Waals surface area contributed by atoms with Gasteiger partial charge in [-0.05, 0) is 12.1 Å². The molecule has 4 rings (SSSR count). The number of halogens is 1. The molecule has 0 atom stereocenters. The number of imidazole rings is 1. The van der Waals surface area contributed by atoms with Gasteiger partial charge in [-0.2, -0.15) is 19.6 Å². The predicted molar refractivity (Wildman–Crippen MR) is 92.3 cm³/mol. The number of aromatic amines is 1. The van der Waals surface area contributed by atoms with Crippen LogP contribution in [0.1, 0.15) is 5.82 Å². The molecule has 0 aliphatic carbocycles. The molecule has 2 N–H and O–H groups in total. The van der Waals surface area contributed by atoms with E-state index in [0.29, 0.717) is 12.4 Å². The number of nitrogens with one attached hydrogen (secondary N) is 2. The average molecular weight is 378 g/mol. The van der Waals surface area contributed by atoms with Gasteiger partial charge in [0.25, 0.3) is 5.16 Å². The first-order chi connectivity index (χ1) is 11.9. The maximum atomic E-state index is 11.8.